The Morgan fingerprint density at radius 3 is 2.35 bits per heavy atom. The van der Waals surface area contributed by atoms with Crippen LogP contribution in [-0.4, -0.2) is 24.5 Å². The molecular weight excluding hydrogens is 331 g/mol. The number of nitrogens with two attached hydrogens (primary N) is 1. The Hall–Kier alpha value is -3.35. The van der Waals surface area contributed by atoms with Gasteiger partial charge in [0.2, 0.25) is 5.95 Å². The Kier molecular flexibility index (Phi) is 3.21. The fourth-order valence-corrected chi connectivity index (χ4v) is 3.18. The van der Waals surface area contributed by atoms with Gasteiger partial charge in [0.15, 0.2) is 5.65 Å². The maximum Gasteiger partial charge on any atom is 0.222 e. The molecule has 1 aromatic carbocycles. The number of fused-ring (bicyclic) bond motifs is 1. The molecule has 1 aliphatic carbocycles. The van der Waals surface area contributed by atoms with Gasteiger partial charge in [-0.2, -0.15) is 4.98 Å². The van der Waals surface area contributed by atoms with Gasteiger partial charge in [-0.05, 0) is 49.2 Å². The zero-order valence-electron chi connectivity index (χ0n) is 13.8. The third-order valence-corrected chi connectivity index (χ3v) is 4.53. The first-order valence-electron chi connectivity index (χ1n) is 8.42. The van der Waals surface area contributed by atoms with Crippen molar-refractivity contribution in [1.82, 2.24) is 24.5 Å². The highest BCUT2D eigenvalue weighted by Crippen LogP contribution is 2.42. The molecule has 0 amide bonds. The summed E-state index contributed by atoms with van der Waals surface area (Å²) in [4.78, 5) is 17.8. The molecule has 1 aliphatic rings. The molecule has 5 rings (SSSR count). The minimum atomic E-state index is -0.298. The molecule has 0 spiro atoms. The number of hydrogen-bond acceptors (Lipinski definition) is 5. The van der Waals surface area contributed by atoms with Crippen molar-refractivity contribution in [2.45, 2.75) is 18.9 Å². The second-order valence-electron chi connectivity index (χ2n) is 6.38. The summed E-state index contributed by atoms with van der Waals surface area (Å²) >= 11 is 0. The molecule has 128 valence electrons. The van der Waals surface area contributed by atoms with E-state index in [9.17, 15) is 4.39 Å². The summed E-state index contributed by atoms with van der Waals surface area (Å²) in [5, 5.41) is 0. The standard InChI is InChI=1S/C19H15FN6/c20-13-3-1-11(2-4-13)15-16-18(25-19(21)24-15)26(14-5-6-14)17(23-16)12-7-9-22-10-8-12/h1-4,7-10,14H,5-6H2,(H2,21,24,25). The van der Waals surface area contributed by atoms with Crippen LogP contribution in [0, 0.1) is 5.82 Å². The molecule has 7 heteroatoms. The van der Waals surface area contributed by atoms with Crippen LogP contribution >= 0.6 is 0 Å². The van der Waals surface area contributed by atoms with Gasteiger partial charge >= 0.3 is 0 Å². The second kappa shape index (κ2) is 5.59. The van der Waals surface area contributed by atoms with Gasteiger partial charge < -0.3 is 10.3 Å². The van der Waals surface area contributed by atoms with Gasteiger partial charge in [-0.3, -0.25) is 4.98 Å². The minimum Gasteiger partial charge on any atom is -0.368 e. The Morgan fingerprint density at radius 1 is 0.923 bits per heavy atom. The van der Waals surface area contributed by atoms with Crippen LogP contribution in [0.5, 0.6) is 0 Å². The first-order valence-corrected chi connectivity index (χ1v) is 8.42. The molecule has 6 nitrogen and oxygen atoms in total. The molecule has 2 N–H and O–H groups in total. The summed E-state index contributed by atoms with van der Waals surface area (Å²) in [6.07, 6.45) is 5.65. The van der Waals surface area contributed by atoms with E-state index in [1.54, 1.807) is 24.5 Å². The third-order valence-electron chi connectivity index (χ3n) is 4.53. The first kappa shape index (κ1) is 14.9. The van der Waals surface area contributed by atoms with E-state index in [0.717, 1.165) is 29.8 Å². The molecule has 0 unspecified atom stereocenters. The fourth-order valence-electron chi connectivity index (χ4n) is 3.18. The summed E-state index contributed by atoms with van der Waals surface area (Å²) in [5.74, 6) is 0.709. The van der Waals surface area contributed by atoms with E-state index in [4.69, 9.17) is 10.7 Å². The van der Waals surface area contributed by atoms with E-state index in [1.807, 2.05) is 12.1 Å². The summed E-state index contributed by atoms with van der Waals surface area (Å²) in [7, 11) is 0. The van der Waals surface area contributed by atoms with Crippen molar-refractivity contribution < 1.29 is 4.39 Å². The lowest BCUT2D eigenvalue weighted by atomic mass is 10.1. The molecule has 1 saturated carbocycles. The van der Waals surface area contributed by atoms with Crippen LogP contribution in [0.2, 0.25) is 0 Å². The van der Waals surface area contributed by atoms with E-state index in [0.29, 0.717) is 22.9 Å². The Morgan fingerprint density at radius 2 is 1.65 bits per heavy atom. The van der Waals surface area contributed by atoms with E-state index in [1.165, 1.54) is 12.1 Å². The van der Waals surface area contributed by atoms with Crippen molar-refractivity contribution in [2.24, 2.45) is 0 Å². The lowest BCUT2D eigenvalue weighted by Gasteiger charge is -2.07. The largest absolute Gasteiger partial charge is 0.368 e. The molecule has 26 heavy (non-hydrogen) atoms. The Labute approximate surface area is 148 Å². The quantitative estimate of drug-likeness (QED) is 0.613. The van der Waals surface area contributed by atoms with Crippen LogP contribution in [0.25, 0.3) is 33.8 Å². The van der Waals surface area contributed by atoms with Crippen molar-refractivity contribution >= 4 is 17.1 Å². The second-order valence-corrected chi connectivity index (χ2v) is 6.38. The number of imidazole rings is 1. The number of hydrogen-bond donors (Lipinski definition) is 1. The number of nitrogens with zero attached hydrogens (tertiary/aromatic N) is 5. The molecule has 1 fully saturated rings. The number of rotatable bonds is 3. The maximum absolute atomic E-state index is 13.3. The number of halogens is 1. The fraction of sp³-hybridized carbons (Fsp3) is 0.158. The number of benzene rings is 1. The molecule has 3 heterocycles. The third kappa shape index (κ3) is 2.40. The van der Waals surface area contributed by atoms with Gasteiger partial charge in [0.1, 0.15) is 22.9 Å². The molecule has 4 aromatic rings. The van der Waals surface area contributed by atoms with Gasteiger partial charge in [0.25, 0.3) is 0 Å². The summed E-state index contributed by atoms with van der Waals surface area (Å²) in [6.45, 7) is 0. The van der Waals surface area contributed by atoms with Crippen LogP contribution in [0.1, 0.15) is 18.9 Å². The highest BCUT2D eigenvalue weighted by Gasteiger charge is 2.30. The van der Waals surface area contributed by atoms with E-state index in [2.05, 4.69) is 19.5 Å². The highest BCUT2D eigenvalue weighted by atomic mass is 19.1. The molecule has 0 bridgehead atoms. The predicted molar refractivity (Wildman–Crippen MR) is 96.6 cm³/mol. The average molecular weight is 346 g/mol. The van der Waals surface area contributed by atoms with Crippen molar-refractivity contribution in [1.29, 1.82) is 0 Å². The predicted octanol–water partition coefficient (Wildman–Crippen LogP) is 3.61. The topological polar surface area (TPSA) is 82.5 Å². The van der Waals surface area contributed by atoms with E-state index in [-0.39, 0.29) is 11.8 Å². The number of pyridine rings is 1. The molecule has 0 atom stereocenters. The lowest BCUT2D eigenvalue weighted by Crippen LogP contribution is -2.02. The van der Waals surface area contributed by atoms with E-state index < -0.39 is 0 Å². The van der Waals surface area contributed by atoms with Crippen LogP contribution in [-0.2, 0) is 0 Å². The number of anilines is 1. The minimum absolute atomic E-state index is 0.180. The van der Waals surface area contributed by atoms with Crippen LogP contribution in [0.3, 0.4) is 0 Å². The van der Waals surface area contributed by atoms with Crippen molar-refractivity contribution in [3.63, 3.8) is 0 Å². The van der Waals surface area contributed by atoms with Gasteiger partial charge in [-0.1, -0.05) is 0 Å². The van der Waals surface area contributed by atoms with E-state index >= 15 is 0 Å². The van der Waals surface area contributed by atoms with Crippen molar-refractivity contribution in [3.8, 4) is 22.6 Å². The van der Waals surface area contributed by atoms with Gasteiger partial charge in [-0.15, -0.1) is 0 Å². The van der Waals surface area contributed by atoms with Crippen LogP contribution in [0.4, 0.5) is 10.3 Å². The lowest BCUT2D eigenvalue weighted by molar-refractivity contribution is 0.628. The monoisotopic (exact) mass is 346 g/mol. The molecule has 3 aromatic heterocycles. The van der Waals surface area contributed by atoms with Gasteiger partial charge in [0.05, 0.1) is 0 Å². The zero-order chi connectivity index (χ0) is 17.7. The maximum atomic E-state index is 13.3. The SMILES string of the molecule is Nc1nc(-c2ccc(F)cc2)c2nc(-c3ccncc3)n(C3CC3)c2n1. The number of aromatic nitrogens is 5. The molecule has 0 radical (unpaired) electrons. The highest BCUT2D eigenvalue weighted by molar-refractivity contribution is 5.91. The smallest absolute Gasteiger partial charge is 0.222 e. The summed E-state index contributed by atoms with van der Waals surface area (Å²) < 4.78 is 15.5. The Bertz CT molecular complexity index is 1100. The Balaban J connectivity index is 1.81. The van der Waals surface area contributed by atoms with Crippen LogP contribution < -0.4 is 5.73 Å². The first-order chi connectivity index (χ1) is 12.7. The summed E-state index contributed by atoms with van der Waals surface area (Å²) in [5.41, 5.74) is 9.70. The zero-order valence-corrected chi connectivity index (χ0v) is 13.8. The van der Waals surface area contributed by atoms with Gasteiger partial charge in [-0.25, -0.2) is 14.4 Å². The normalized spacial score (nSPS) is 14.0. The van der Waals surface area contributed by atoms with Crippen molar-refractivity contribution in [2.75, 3.05) is 5.73 Å². The van der Waals surface area contributed by atoms with Gasteiger partial charge in [0, 0.05) is 29.6 Å². The van der Waals surface area contributed by atoms with Crippen molar-refractivity contribution in [3.05, 3.63) is 54.6 Å². The molecule has 0 saturated heterocycles. The summed E-state index contributed by atoms with van der Waals surface area (Å²) in [6, 6.07) is 10.4. The number of nitrogen functional groups attached to an aromatic ring is 1. The average Bonchev–Trinajstić information content (AvgIpc) is 3.43. The molecule has 0 aliphatic heterocycles. The molecular formula is C19H15FN6. The van der Waals surface area contributed by atoms with Crippen LogP contribution in [0.15, 0.2) is 48.8 Å².